The lowest BCUT2D eigenvalue weighted by Crippen LogP contribution is -2.14. The van der Waals surface area contributed by atoms with Gasteiger partial charge >= 0.3 is 6.18 Å². The SMILES string of the molecule is OCc1cc(Br)cnc1OCCC(F)(F)F. The molecule has 1 N–H and O–H groups in total. The Balaban J connectivity index is 2.60. The van der Waals surface area contributed by atoms with Crippen molar-refractivity contribution in [1.82, 2.24) is 4.98 Å². The maximum atomic E-state index is 11.8. The van der Waals surface area contributed by atoms with Gasteiger partial charge in [-0.15, -0.1) is 0 Å². The van der Waals surface area contributed by atoms with Crippen LogP contribution in [0.15, 0.2) is 16.7 Å². The van der Waals surface area contributed by atoms with Crippen molar-refractivity contribution < 1.29 is 23.0 Å². The lowest BCUT2D eigenvalue weighted by atomic mass is 10.3. The Kier molecular flexibility index (Phi) is 4.55. The van der Waals surface area contributed by atoms with E-state index >= 15 is 0 Å². The Morgan fingerprint density at radius 3 is 2.69 bits per heavy atom. The average molecular weight is 300 g/mol. The third kappa shape index (κ3) is 4.36. The Morgan fingerprint density at radius 1 is 1.44 bits per heavy atom. The molecule has 1 aromatic rings. The number of pyridine rings is 1. The Hall–Kier alpha value is -0.820. The van der Waals surface area contributed by atoms with Gasteiger partial charge in [0.15, 0.2) is 0 Å². The van der Waals surface area contributed by atoms with E-state index in [1.807, 2.05) is 0 Å². The summed E-state index contributed by atoms with van der Waals surface area (Å²) < 4.78 is 41.0. The van der Waals surface area contributed by atoms with Crippen molar-refractivity contribution in [2.24, 2.45) is 0 Å². The zero-order valence-corrected chi connectivity index (χ0v) is 9.68. The molecule has 0 unspecified atom stereocenters. The third-order valence-electron chi connectivity index (χ3n) is 1.69. The number of aromatic nitrogens is 1. The average Bonchev–Trinajstić information content (AvgIpc) is 2.18. The van der Waals surface area contributed by atoms with E-state index in [4.69, 9.17) is 9.84 Å². The minimum Gasteiger partial charge on any atom is -0.477 e. The van der Waals surface area contributed by atoms with Gasteiger partial charge in [-0.25, -0.2) is 4.98 Å². The second-order valence-corrected chi connectivity index (χ2v) is 3.91. The molecule has 0 saturated heterocycles. The van der Waals surface area contributed by atoms with E-state index in [1.165, 1.54) is 12.3 Å². The van der Waals surface area contributed by atoms with E-state index in [0.717, 1.165) is 0 Å². The van der Waals surface area contributed by atoms with Gasteiger partial charge in [0, 0.05) is 16.2 Å². The van der Waals surface area contributed by atoms with E-state index in [1.54, 1.807) is 0 Å². The number of aliphatic hydroxyl groups is 1. The molecule has 0 bridgehead atoms. The number of ether oxygens (including phenoxy) is 1. The molecule has 1 heterocycles. The molecular weight excluding hydrogens is 291 g/mol. The Bertz CT molecular complexity index is 357. The van der Waals surface area contributed by atoms with Gasteiger partial charge in [0.1, 0.15) is 0 Å². The number of hydrogen-bond donors (Lipinski definition) is 1. The van der Waals surface area contributed by atoms with E-state index in [9.17, 15) is 13.2 Å². The number of alkyl halides is 3. The summed E-state index contributed by atoms with van der Waals surface area (Å²) in [6, 6.07) is 1.54. The van der Waals surface area contributed by atoms with E-state index in [2.05, 4.69) is 20.9 Å². The van der Waals surface area contributed by atoms with Gasteiger partial charge in [-0.3, -0.25) is 0 Å². The molecule has 0 radical (unpaired) electrons. The molecule has 0 atom stereocenters. The lowest BCUT2D eigenvalue weighted by molar-refractivity contribution is -0.139. The highest BCUT2D eigenvalue weighted by Crippen LogP contribution is 2.23. The Labute approximate surface area is 98.4 Å². The largest absolute Gasteiger partial charge is 0.477 e. The van der Waals surface area contributed by atoms with Crippen molar-refractivity contribution in [2.45, 2.75) is 19.2 Å². The second-order valence-electron chi connectivity index (χ2n) is 2.99. The van der Waals surface area contributed by atoms with Crippen LogP contribution in [0.25, 0.3) is 0 Å². The number of rotatable bonds is 4. The number of halogens is 4. The predicted octanol–water partition coefficient (Wildman–Crippen LogP) is 2.67. The molecule has 3 nitrogen and oxygen atoms in total. The Morgan fingerprint density at radius 2 is 2.12 bits per heavy atom. The monoisotopic (exact) mass is 299 g/mol. The standard InChI is InChI=1S/C9H9BrF3NO2/c10-7-3-6(5-15)8(14-4-7)16-2-1-9(11,12)13/h3-4,15H,1-2,5H2. The normalized spacial score (nSPS) is 11.6. The highest BCUT2D eigenvalue weighted by molar-refractivity contribution is 9.10. The smallest absolute Gasteiger partial charge is 0.392 e. The van der Waals surface area contributed by atoms with Gasteiger partial charge in [0.05, 0.1) is 19.6 Å². The highest BCUT2D eigenvalue weighted by Gasteiger charge is 2.27. The quantitative estimate of drug-likeness (QED) is 0.929. The molecule has 0 amide bonds. The second kappa shape index (κ2) is 5.49. The lowest BCUT2D eigenvalue weighted by Gasteiger charge is -2.10. The maximum Gasteiger partial charge on any atom is 0.392 e. The molecular formula is C9H9BrF3NO2. The zero-order chi connectivity index (χ0) is 12.2. The summed E-state index contributed by atoms with van der Waals surface area (Å²) in [5.74, 6) is 0.0231. The maximum absolute atomic E-state index is 11.8. The summed E-state index contributed by atoms with van der Waals surface area (Å²) >= 11 is 3.13. The first-order valence-corrected chi connectivity index (χ1v) is 5.16. The third-order valence-corrected chi connectivity index (χ3v) is 2.12. The summed E-state index contributed by atoms with van der Waals surface area (Å²) in [6.07, 6.45) is -3.91. The van der Waals surface area contributed by atoms with Crippen molar-refractivity contribution in [3.63, 3.8) is 0 Å². The van der Waals surface area contributed by atoms with Crippen LogP contribution in [0.3, 0.4) is 0 Å². The van der Waals surface area contributed by atoms with Crippen LogP contribution in [0.5, 0.6) is 5.88 Å². The van der Waals surface area contributed by atoms with Crippen molar-refractivity contribution in [1.29, 1.82) is 0 Å². The molecule has 0 spiro atoms. The predicted molar refractivity (Wildman–Crippen MR) is 54.0 cm³/mol. The number of hydrogen-bond acceptors (Lipinski definition) is 3. The number of aliphatic hydroxyl groups excluding tert-OH is 1. The molecule has 0 saturated carbocycles. The van der Waals surface area contributed by atoms with Crippen LogP contribution in [-0.2, 0) is 6.61 Å². The van der Waals surface area contributed by atoms with Crippen LogP contribution < -0.4 is 4.74 Å². The van der Waals surface area contributed by atoms with Crippen LogP contribution in [0, 0.1) is 0 Å². The van der Waals surface area contributed by atoms with Crippen LogP contribution in [0.2, 0.25) is 0 Å². The molecule has 0 fully saturated rings. The van der Waals surface area contributed by atoms with Crippen LogP contribution in [0.1, 0.15) is 12.0 Å². The molecule has 7 heteroatoms. The van der Waals surface area contributed by atoms with E-state index in [0.29, 0.717) is 10.0 Å². The van der Waals surface area contributed by atoms with Crippen LogP contribution in [-0.4, -0.2) is 22.9 Å². The molecule has 0 aromatic carbocycles. The van der Waals surface area contributed by atoms with Crippen molar-refractivity contribution in [3.05, 3.63) is 22.3 Å². The first kappa shape index (κ1) is 13.2. The van der Waals surface area contributed by atoms with Crippen molar-refractivity contribution >= 4 is 15.9 Å². The molecule has 0 aliphatic heterocycles. The molecule has 90 valence electrons. The summed E-state index contributed by atoms with van der Waals surface area (Å²) in [6.45, 7) is -0.848. The number of nitrogens with zero attached hydrogens (tertiary/aromatic N) is 1. The molecule has 1 aromatic heterocycles. The van der Waals surface area contributed by atoms with Crippen LogP contribution in [0.4, 0.5) is 13.2 Å². The fourth-order valence-corrected chi connectivity index (χ4v) is 1.35. The molecule has 1 rings (SSSR count). The minimum absolute atomic E-state index is 0.0231. The fraction of sp³-hybridized carbons (Fsp3) is 0.444. The van der Waals surface area contributed by atoms with Crippen molar-refractivity contribution in [2.75, 3.05) is 6.61 Å². The van der Waals surface area contributed by atoms with Gasteiger partial charge in [0.2, 0.25) is 5.88 Å². The summed E-state index contributed by atoms with van der Waals surface area (Å²) in [5, 5.41) is 8.94. The fourth-order valence-electron chi connectivity index (χ4n) is 0.975. The summed E-state index contributed by atoms with van der Waals surface area (Å²) in [7, 11) is 0. The highest BCUT2D eigenvalue weighted by atomic mass is 79.9. The first-order chi connectivity index (χ1) is 7.42. The van der Waals surface area contributed by atoms with Gasteiger partial charge < -0.3 is 9.84 Å². The van der Waals surface area contributed by atoms with E-state index in [-0.39, 0.29) is 12.5 Å². The van der Waals surface area contributed by atoms with Gasteiger partial charge in [0.25, 0.3) is 0 Å². The van der Waals surface area contributed by atoms with E-state index < -0.39 is 19.2 Å². The summed E-state index contributed by atoms with van der Waals surface area (Å²) in [5.41, 5.74) is 0.344. The van der Waals surface area contributed by atoms with Gasteiger partial charge in [-0.2, -0.15) is 13.2 Å². The van der Waals surface area contributed by atoms with Gasteiger partial charge in [-0.1, -0.05) is 0 Å². The van der Waals surface area contributed by atoms with Gasteiger partial charge in [-0.05, 0) is 22.0 Å². The van der Waals surface area contributed by atoms with Crippen molar-refractivity contribution in [3.8, 4) is 5.88 Å². The molecule has 0 aliphatic rings. The molecule has 16 heavy (non-hydrogen) atoms. The zero-order valence-electron chi connectivity index (χ0n) is 8.09. The molecule has 0 aliphatic carbocycles. The topological polar surface area (TPSA) is 42.4 Å². The van der Waals surface area contributed by atoms with Crippen LogP contribution >= 0.6 is 15.9 Å². The first-order valence-electron chi connectivity index (χ1n) is 4.37. The summed E-state index contributed by atoms with van der Waals surface area (Å²) in [4.78, 5) is 3.77. The minimum atomic E-state index is -4.26.